The van der Waals surface area contributed by atoms with Gasteiger partial charge in [0.05, 0.1) is 6.21 Å². The van der Waals surface area contributed by atoms with Crippen LogP contribution in [-0.2, 0) is 9.59 Å². The van der Waals surface area contributed by atoms with Crippen molar-refractivity contribution in [2.75, 3.05) is 5.32 Å². The first-order chi connectivity index (χ1) is 11.5. The third-order valence-corrected chi connectivity index (χ3v) is 3.27. The Labute approximate surface area is 140 Å². The van der Waals surface area contributed by atoms with Crippen molar-refractivity contribution in [3.63, 3.8) is 0 Å². The van der Waals surface area contributed by atoms with Crippen LogP contribution >= 0.6 is 0 Å². The first-order valence-electron chi connectivity index (χ1n) is 7.51. The Morgan fingerprint density at radius 1 is 1.08 bits per heavy atom. The molecule has 6 nitrogen and oxygen atoms in total. The van der Waals surface area contributed by atoms with Gasteiger partial charge in [0.15, 0.2) is 0 Å². The third kappa shape index (κ3) is 5.57. The number of benzene rings is 2. The fraction of sp³-hybridized carbons (Fsp3) is 0.167. The van der Waals surface area contributed by atoms with E-state index in [1.165, 1.54) is 12.3 Å². The first kappa shape index (κ1) is 17.2. The van der Waals surface area contributed by atoms with Gasteiger partial charge in [0, 0.05) is 18.5 Å². The van der Waals surface area contributed by atoms with Crippen LogP contribution in [0.2, 0.25) is 0 Å². The fourth-order valence-corrected chi connectivity index (χ4v) is 1.99. The topological polar surface area (TPSA) is 90.8 Å². The number of carbonyl (C=O) groups excluding carboxylic acids is 2. The van der Waals surface area contributed by atoms with Crippen LogP contribution in [0.4, 0.5) is 5.69 Å². The van der Waals surface area contributed by atoms with Crippen molar-refractivity contribution in [3.05, 3.63) is 59.7 Å². The Hall–Kier alpha value is -3.15. The number of phenols is 1. The zero-order valence-electron chi connectivity index (χ0n) is 13.3. The zero-order chi connectivity index (χ0) is 17.4. The van der Waals surface area contributed by atoms with Crippen molar-refractivity contribution in [2.24, 2.45) is 5.10 Å². The second-order valence-electron chi connectivity index (χ2n) is 5.25. The molecule has 0 unspecified atom stereocenters. The molecule has 2 rings (SSSR count). The maximum absolute atomic E-state index is 11.8. The largest absolute Gasteiger partial charge is 0.508 e. The Kier molecular flexibility index (Phi) is 6.08. The molecule has 0 aliphatic heterocycles. The molecule has 2 amide bonds. The molecule has 0 saturated carbocycles. The van der Waals surface area contributed by atoms with E-state index in [1.807, 2.05) is 31.2 Å². The highest BCUT2D eigenvalue weighted by molar-refractivity contribution is 5.94. The van der Waals surface area contributed by atoms with E-state index in [9.17, 15) is 14.7 Å². The molecule has 0 saturated heterocycles. The number of phenolic OH excluding ortho intramolecular Hbond substituents is 1. The van der Waals surface area contributed by atoms with Crippen molar-refractivity contribution in [2.45, 2.75) is 19.8 Å². The molecule has 0 aliphatic rings. The lowest BCUT2D eigenvalue weighted by Gasteiger charge is -2.07. The van der Waals surface area contributed by atoms with Crippen molar-refractivity contribution >= 4 is 23.7 Å². The van der Waals surface area contributed by atoms with Gasteiger partial charge in [-0.05, 0) is 36.2 Å². The van der Waals surface area contributed by atoms with Crippen molar-refractivity contribution < 1.29 is 14.7 Å². The molecule has 0 fully saturated rings. The van der Waals surface area contributed by atoms with Crippen LogP contribution in [0.1, 0.15) is 24.0 Å². The van der Waals surface area contributed by atoms with Gasteiger partial charge in [-0.3, -0.25) is 9.59 Å². The molecule has 0 atom stereocenters. The predicted molar refractivity (Wildman–Crippen MR) is 92.9 cm³/mol. The second-order valence-corrected chi connectivity index (χ2v) is 5.25. The molecule has 2 aromatic carbocycles. The Morgan fingerprint density at radius 3 is 2.58 bits per heavy atom. The Bertz CT molecular complexity index is 757. The number of nitrogens with one attached hydrogen (secondary N) is 2. The molecule has 3 N–H and O–H groups in total. The van der Waals surface area contributed by atoms with E-state index in [1.54, 1.807) is 18.2 Å². The summed E-state index contributed by atoms with van der Waals surface area (Å²) < 4.78 is 0. The van der Waals surface area contributed by atoms with E-state index in [0.29, 0.717) is 5.56 Å². The number of nitrogens with zero attached hydrogens (tertiary/aromatic N) is 1. The lowest BCUT2D eigenvalue weighted by molar-refractivity contribution is -0.124. The number of hydrogen-bond acceptors (Lipinski definition) is 4. The number of para-hydroxylation sites is 1. The number of amides is 2. The molecular formula is C18H19N3O3. The first-order valence-corrected chi connectivity index (χ1v) is 7.51. The molecule has 0 bridgehead atoms. The third-order valence-electron chi connectivity index (χ3n) is 3.27. The van der Waals surface area contributed by atoms with E-state index in [2.05, 4.69) is 15.8 Å². The van der Waals surface area contributed by atoms with Gasteiger partial charge < -0.3 is 10.4 Å². The highest BCUT2D eigenvalue weighted by atomic mass is 16.3. The minimum atomic E-state index is -0.355. The van der Waals surface area contributed by atoms with Crippen LogP contribution in [0, 0.1) is 6.92 Å². The SMILES string of the molecule is Cc1ccccc1NC(=O)CCC(=O)N/N=C/c1cccc(O)c1. The summed E-state index contributed by atoms with van der Waals surface area (Å²) in [5.74, 6) is -0.457. The van der Waals surface area contributed by atoms with Gasteiger partial charge in [-0.1, -0.05) is 30.3 Å². The summed E-state index contributed by atoms with van der Waals surface area (Å²) in [7, 11) is 0. The molecule has 124 valence electrons. The Morgan fingerprint density at radius 2 is 1.83 bits per heavy atom. The highest BCUT2D eigenvalue weighted by Crippen LogP contribution is 2.13. The van der Waals surface area contributed by atoms with Crippen LogP contribution in [-0.4, -0.2) is 23.1 Å². The summed E-state index contributed by atoms with van der Waals surface area (Å²) in [6, 6.07) is 13.9. The summed E-state index contributed by atoms with van der Waals surface area (Å²) in [6.07, 6.45) is 1.53. The van der Waals surface area contributed by atoms with Gasteiger partial charge in [0.25, 0.3) is 0 Å². The van der Waals surface area contributed by atoms with E-state index < -0.39 is 0 Å². The molecule has 0 spiro atoms. The van der Waals surface area contributed by atoms with Gasteiger partial charge in [-0.25, -0.2) is 5.43 Å². The molecular weight excluding hydrogens is 306 g/mol. The van der Waals surface area contributed by atoms with E-state index in [-0.39, 0.29) is 30.4 Å². The standard InChI is InChI=1S/C18H19N3O3/c1-13-5-2-3-8-16(13)20-17(23)9-10-18(24)21-19-12-14-6-4-7-15(22)11-14/h2-8,11-12,22H,9-10H2,1H3,(H,20,23)(H,21,24)/b19-12+. The van der Waals surface area contributed by atoms with Gasteiger partial charge in [-0.15, -0.1) is 0 Å². The van der Waals surface area contributed by atoms with Gasteiger partial charge in [-0.2, -0.15) is 5.10 Å². The summed E-state index contributed by atoms with van der Waals surface area (Å²) in [5, 5.41) is 15.9. The molecule has 0 heterocycles. The zero-order valence-corrected chi connectivity index (χ0v) is 13.3. The number of hydrogen-bond donors (Lipinski definition) is 3. The smallest absolute Gasteiger partial charge is 0.240 e. The van der Waals surface area contributed by atoms with Crippen molar-refractivity contribution in [1.82, 2.24) is 5.43 Å². The number of aromatic hydroxyl groups is 1. The lowest BCUT2D eigenvalue weighted by atomic mass is 10.2. The van der Waals surface area contributed by atoms with E-state index in [0.717, 1.165) is 11.3 Å². The number of aryl methyl sites for hydroxylation is 1. The van der Waals surface area contributed by atoms with Crippen molar-refractivity contribution in [3.8, 4) is 5.75 Å². The lowest BCUT2D eigenvalue weighted by Crippen LogP contribution is -2.20. The second kappa shape index (κ2) is 8.47. The summed E-state index contributed by atoms with van der Waals surface area (Å²) >= 11 is 0. The van der Waals surface area contributed by atoms with Gasteiger partial charge in [0.2, 0.25) is 11.8 Å². The molecule has 0 aliphatic carbocycles. The number of anilines is 1. The summed E-state index contributed by atoms with van der Waals surface area (Å²) in [4.78, 5) is 23.5. The van der Waals surface area contributed by atoms with Gasteiger partial charge >= 0.3 is 0 Å². The average Bonchev–Trinajstić information content (AvgIpc) is 2.55. The van der Waals surface area contributed by atoms with Crippen LogP contribution in [0.15, 0.2) is 53.6 Å². The quantitative estimate of drug-likeness (QED) is 0.563. The normalized spacial score (nSPS) is 10.5. The van der Waals surface area contributed by atoms with Crippen LogP contribution in [0.3, 0.4) is 0 Å². The van der Waals surface area contributed by atoms with Gasteiger partial charge in [0.1, 0.15) is 5.75 Å². The minimum absolute atomic E-state index is 0.0368. The maximum atomic E-state index is 11.8. The molecule has 0 radical (unpaired) electrons. The van der Waals surface area contributed by atoms with Crippen LogP contribution < -0.4 is 10.7 Å². The van der Waals surface area contributed by atoms with Crippen LogP contribution in [0.5, 0.6) is 5.75 Å². The monoisotopic (exact) mass is 325 g/mol. The molecule has 6 heteroatoms. The van der Waals surface area contributed by atoms with Crippen molar-refractivity contribution in [1.29, 1.82) is 0 Å². The molecule has 0 aromatic heterocycles. The number of rotatable bonds is 6. The molecule has 2 aromatic rings. The van der Waals surface area contributed by atoms with E-state index in [4.69, 9.17) is 0 Å². The maximum Gasteiger partial charge on any atom is 0.240 e. The fourth-order valence-electron chi connectivity index (χ4n) is 1.99. The minimum Gasteiger partial charge on any atom is -0.508 e. The van der Waals surface area contributed by atoms with Crippen LogP contribution in [0.25, 0.3) is 0 Å². The number of carbonyl (C=O) groups is 2. The van der Waals surface area contributed by atoms with E-state index >= 15 is 0 Å². The predicted octanol–water partition coefficient (Wildman–Crippen LogP) is 2.57. The average molecular weight is 325 g/mol. The summed E-state index contributed by atoms with van der Waals surface area (Å²) in [5.41, 5.74) is 4.71. The number of hydrazone groups is 1. The molecule has 24 heavy (non-hydrogen) atoms. The summed E-state index contributed by atoms with van der Waals surface area (Å²) in [6.45, 7) is 1.90. The Balaban J connectivity index is 1.75. The highest BCUT2D eigenvalue weighted by Gasteiger charge is 2.07.